The van der Waals surface area contributed by atoms with Gasteiger partial charge in [-0.25, -0.2) is 4.79 Å². The van der Waals surface area contributed by atoms with E-state index in [-0.39, 0.29) is 11.7 Å². The summed E-state index contributed by atoms with van der Waals surface area (Å²) in [5.41, 5.74) is 5.52. The van der Waals surface area contributed by atoms with E-state index in [2.05, 4.69) is 10.6 Å². The van der Waals surface area contributed by atoms with E-state index in [1.165, 1.54) is 6.20 Å². The number of hydrogen-bond acceptors (Lipinski definition) is 5. The Balaban J connectivity index is 0.000000546. The lowest BCUT2D eigenvalue weighted by Gasteiger charge is -2.20. The Labute approximate surface area is 143 Å². The van der Waals surface area contributed by atoms with Crippen LogP contribution in [-0.4, -0.2) is 24.1 Å². The smallest absolute Gasteiger partial charge is 0.356 e. The van der Waals surface area contributed by atoms with Crippen LogP contribution in [0, 0.1) is 16.7 Å². The first-order valence-corrected chi connectivity index (χ1v) is 7.42. The van der Waals surface area contributed by atoms with Gasteiger partial charge in [-0.15, -0.1) is 0 Å². The number of rotatable bonds is 4. The molecule has 5 N–H and O–H groups in total. The van der Waals surface area contributed by atoms with Gasteiger partial charge in [-0.2, -0.15) is 5.26 Å². The van der Waals surface area contributed by atoms with E-state index in [4.69, 9.17) is 21.1 Å². The highest BCUT2D eigenvalue weighted by molar-refractivity contribution is 5.89. The summed E-state index contributed by atoms with van der Waals surface area (Å²) in [6.07, 6.45) is 1.32. The zero-order valence-corrected chi connectivity index (χ0v) is 14.5. The van der Waals surface area contributed by atoms with Gasteiger partial charge in [0.05, 0.1) is 11.6 Å². The van der Waals surface area contributed by atoms with Crippen LogP contribution in [0.15, 0.2) is 42.2 Å². The van der Waals surface area contributed by atoms with Crippen molar-refractivity contribution in [3.63, 3.8) is 0 Å². The van der Waals surface area contributed by atoms with Crippen molar-refractivity contribution in [2.75, 3.05) is 6.54 Å². The number of benzene rings is 1. The molecule has 0 radical (unpaired) electrons. The second kappa shape index (κ2) is 10.7. The molecule has 0 aliphatic heterocycles. The number of esters is 1. The predicted octanol–water partition coefficient (Wildman–Crippen LogP) is 1.82. The number of nitrogens with zero attached hydrogens (tertiary/aromatic N) is 1. The molecule has 0 unspecified atom stereocenters. The van der Waals surface area contributed by atoms with Crippen molar-refractivity contribution in [2.24, 2.45) is 5.73 Å². The summed E-state index contributed by atoms with van der Waals surface area (Å²) < 4.78 is 5.16. The van der Waals surface area contributed by atoms with Gasteiger partial charge in [0.2, 0.25) is 0 Å². The third-order valence-corrected chi connectivity index (χ3v) is 2.26. The van der Waals surface area contributed by atoms with Crippen LogP contribution in [0.2, 0.25) is 0 Å². The summed E-state index contributed by atoms with van der Waals surface area (Å²) in [6, 6.07) is 11.2. The minimum Gasteiger partial charge on any atom is -0.455 e. The van der Waals surface area contributed by atoms with Crippen molar-refractivity contribution in [1.29, 1.82) is 10.7 Å². The first-order chi connectivity index (χ1) is 11.2. The molecule has 0 aliphatic carbocycles. The molecule has 1 aromatic rings. The fraction of sp³-hybridized carbons (Fsp3) is 0.353. The number of carbonyl (C=O) groups excluding carboxylic acids is 1. The molecular weight excluding hydrogens is 306 g/mol. The van der Waals surface area contributed by atoms with Crippen LogP contribution in [-0.2, 0) is 9.53 Å². The fourth-order valence-electron chi connectivity index (χ4n) is 1.37. The summed E-state index contributed by atoms with van der Waals surface area (Å²) in [6.45, 7) is 7.78. The molecule has 7 heteroatoms. The number of likely N-dealkylation sites (N-methyl/N-ethyl adjacent to an activating group) is 1. The van der Waals surface area contributed by atoms with E-state index >= 15 is 0 Å². The molecular formula is C17H25N5O2. The largest absolute Gasteiger partial charge is 0.455 e. The second-order valence-corrected chi connectivity index (χ2v) is 5.63. The van der Waals surface area contributed by atoms with Gasteiger partial charge in [-0.3, -0.25) is 5.41 Å². The van der Waals surface area contributed by atoms with Gasteiger partial charge >= 0.3 is 5.97 Å². The number of nitrogens with one attached hydrogen (secondary N) is 3. The zero-order valence-electron chi connectivity index (χ0n) is 14.5. The van der Waals surface area contributed by atoms with Crippen molar-refractivity contribution in [1.82, 2.24) is 10.6 Å². The van der Waals surface area contributed by atoms with Crippen LogP contribution in [0.25, 0.3) is 0 Å². The molecule has 0 spiro atoms. The van der Waals surface area contributed by atoms with Gasteiger partial charge < -0.3 is 21.1 Å². The van der Waals surface area contributed by atoms with E-state index in [1.807, 2.05) is 31.2 Å². The first kappa shape index (κ1) is 21.0. The standard InChI is InChI=1S/C10H20N4O2.C7H5N/c1-5-13-7(6-14-9(11)12)8(15)16-10(2,3)4;8-6-7-4-2-1-3-5-7/h6,13H,5H2,1-4H3,(H4,11,12,14);1-5H. The molecule has 1 aromatic carbocycles. The topological polar surface area (TPSA) is 124 Å². The molecule has 0 saturated heterocycles. The average molecular weight is 331 g/mol. The third-order valence-electron chi connectivity index (χ3n) is 2.26. The second-order valence-electron chi connectivity index (χ2n) is 5.63. The van der Waals surface area contributed by atoms with Gasteiger partial charge in [-0.05, 0) is 39.8 Å². The van der Waals surface area contributed by atoms with Gasteiger partial charge in [0.15, 0.2) is 5.96 Å². The van der Waals surface area contributed by atoms with Gasteiger partial charge in [0, 0.05) is 12.7 Å². The lowest BCUT2D eigenvalue weighted by molar-refractivity contribution is -0.150. The maximum Gasteiger partial charge on any atom is 0.356 e. The quantitative estimate of drug-likeness (QED) is 0.289. The van der Waals surface area contributed by atoms with Crippen molar-refractivity contribution < 1.29 is 9.53 Å². The summed E-state index contributed by atoms with van der Waals surface area (Å²) >= 11 is 0. The van der Waals surface area contributed by atoms with Crippen LogP contribution in [0.4, 0.5) is 0 Å². The van der Waals surface area contributed by atoms with Crippen molar-refractivity contribution >= 4 is 11.9 Å². The van der Waals surface area contributed by atoms with Gasteiger partial charge in [-0.1, -0.05) is 18.2 Å². The SMILES string of the molecule is CCNC(=CNC(=N)N)C(=O)OC(C)(C)C.N#Cc1ccccc1. The van der Waals surface area contributed by atoms with Crippen LogP contribution in [0.3, 0.4) is 0 Å². The van der Waals surface area contributed by atoms with E-state index in [9.17, 15) is 4.79 Å². The first-order valence-electron chi connectivity index (χ1n) is 7.42. The Morgan fingerprint density at radius 1 is 1.38 bits per heavy atom. The molecule has 24 heavy (non-hydrogen) atoms. The molecule has 0 aromatic heterocycles. The molecule has 7 nitrogen and oxygen atoms in total. The highest BCUT2D eigenvalue weighted by atomic mass is 16.6. The average Bonchev–Trinajstić information content (AvgIpc) is 2.51. The highest BCUT2D eigenvalue weighted by Crippen LogP contribution is 2.09. The minimum absolute atomic E-state index is 0.237. The Hall–Kier alpha value is -3.01. The van der Waals surface area contributed by atoms with E-state index < -0.39 is 11.6 Å². The Morgan fingerprint density at radius 2 is 1.96 bits per heavy atom. The Bertz CT molecular complexity index is 598. The third kappa shape index (κ3) is 10.7. The molecule has 0 amide bonds. The lowest BCUT2D eigenvalue weighted by Crippen LogP contribution is -2.33. The number of ether oxygens (including phenoxy) is 1. The van der Waals surface area contributed by atoms with Crippen molar-refractivity contribution in [3.8, 4) is 6.07 Å². The molecule has 0 atom stereocenters. The number of guanidine groups is 1. The van der Waals surface area contributed by atoms with Crippen molar-refractivity contribution in [2.45, 2.75) is 33.3 Å². The minimum atomic E-state index is -0.554. The zero-order chi connectivity index (χ0) is 18.6. The molecule has 0 saturated carbocycles. The Morgan fingerprint density at radius 3 is 2.33 bits per heavy atom. The summed E-state index contributed by atoms with van der Waals surface area (Å²) in [5, 5.41) is 20.5. The maximum atomic E-state index is 11.7. The Kier molecular flexibility index (Phi) is 9.33. The molecule has 0 bridgehead atoms. The monoisotopic (exact) mass is 331 g/mol. The van der Waals surface area contributed by atoms with Crippen LogP contribution in [0.5, 0.6) is 0 Å². The molecule has 0 fully saturated rings. The van der Waals surface area contributed by atoms with Crippen LogP contribution >= 0.6 is 0 Å². The number of nitriles is 1. The number of nitrogens with two attached hydrogens (primary N) is 1. The normalized spacial score (nSPS) is 10.5. The summed E-state index contributed by atoms with van der Waals surface area (Å²) in [4.78, 5) is 11.7. The molecule has 130 valence electrons. The van der Waals surface area contributed by atoms with Crippen molar-refractivity contribution in [3.05, 3.63) is 47.8 Å². The lowest BCUT2D eigenvalue weighted by atomic mass is 10.2. The molecule has 1 rings (SSSR count). The number of hydrogen-bond donors (Lipinski definition) is 4. The van der Waals surface area contributed by atoms with E-state index in [0.29, 0.717) is 12.1 Å². The van der Waals surface area contributed by atoms with Crippen LogP contribution in [0.1, 0.15) is 33.3 Å². The van der Waals surface area contributed by atoms with E-state index in [1.54, 1.807) is 32.9 Å². The van der Waals surface area contributed by atoms with E-state index in [0.717, 1.165) is 0 Å². The van der Waals surface area contributed by atoms with Crippen LogP contribution < -0.4 is 16.4 Å². The predicted molar refractivity (Wildman–Crippen MR) is 93.8 cm³/mol. The summed E-state index contributed by atoms with van der Waals surface area (Å²) in [7, 11) is 0. The van der Waals surface area contributed by atoms with Gasteiger partial charge in [0.1, 0.15) is 11.3 Å². The molecule has 0 aliphatic rings. The molecule has 0 heterocycles. The summed E-state index contributed by atoms with van der Waals surface area (Å²) in [5.74, 6) is -0.720. The highest BCUT2D eigenvalue weighted by Gasteiger charge is 2.19. The number of carbonyl (C=O) groups is 1. The van der Waals surface area contributed by atoms with Gasteiger partial charge in [0.25, 0.3) is 0 Å². The fourth-order valence-corrected chi connectivity index (χ4v) is 1.37. The maximum absolute atomic E-state index is 11.7.